The third-order valence-corrected chi connectivity index (χ3v) is 4.14. The summed E-state index contributed by atoms with van der Waals surface area (Å²) in [5, 5.41) is 9.49. The van der Waals surface area contributed by atoms with Gasteiger partial charge in [0.15, 0.2) is 5.82 Å². The number of hydrogen-bond acceptors (Lipinski definition) is 5. The minimum absolute atomic E-state index is 0.178. The van der Waals surface area contributed by atoms with Gasteiger partial charge in [-0.3, -0.25) is 15.2 Å². The van der Waals surface area contributed by atoms with Gasteiger partial charge in [-0.25, -0.2) is 0 Å². The van der Waals surface area contributed by atoms with Gasteiger partial charge in [-0.15, -0.1) is 5.10 Å². The minimum Gasteiger partial charge on any atom is -0.497 e. The van der Waals surface area contributed by atoms with Gasteiger partial charge in [0, 0.05) is 21.7 Å². The summed E-state index contributed by atoms with van der Waals surface area (Å²) in [6.07, 6.45) is 0. The van der Waals surface area contributed by atoms with Gasteiger partial charge < -0.3 is 9.47 Å². The number of hydrogen-bond donors (Lipinski definition) is 2. The van der Waals surface area contributed by atoms with E-state index in [0.717, 1.165) is 10.0 Å². The van der Waals surface area contributed by atoms with Crippen molar-refractivity contribution in [1.82, 2.24) is 15.2 Å². The molecule has 128 valence electrons. The molecule has 25 heavy (non-hydrogen) atoms. The zero-order chi connectivity index (χ0) is 17.8. The van der Waals surface area contributed by atoms with E-state index in [1.807, 2.05) is 24.3 Å². The fourth-order valence-electron chi connectivity index (χ4n) is 2.20. The first-order valence-corrected chi connectivity index (χ1v) is 8.11. The average molecular weight is 403 g/mol. The number of nitrogens with zero attached hydrogens (tertiary/aromatic N) is 2. The van der Waals surface area contributed by atoms with Crippen LogP contribution in [0.2, 0.25) is 0 Å². The summed E-state index contributed by atoms with van der Waals surface area (Å²) in [5.74, 6) is 1.40. The summed E-state index contributed by atoms with van der Waals surface area (Å²) in [6, 6.07) is 12.5. The normalized spacial score (nSPS) is 10.4. The number of benzene rings is 2. The maximum Gasteiger partial charge on any atom is 0.258 e. The second-order valence-electron chi connectivity index (χ2n) is 5.04. The van der Waals surface area contributed by atoms with Crippen LogP contribution < -0.4 is 14.8 Å². The number of amides is 1. The van der Waals surface area contributed by atoms with Crippen molar-refractivity contribution in [2.24, 2.45) is 0 Å². The van der Waals surface area contributed by atoms with Gasteiger partial charge in [0.2, 0.25) is 5.95 Å². The van der Waals surface area contributed by atoms with Crippen molar-refractivity contribution in [3.05, 3.63) is 52.5 Å². The number of rotatable bonds is 5. The Labute approximate surface area is 152 Å². The molecule has 2 aromatic carbocycles. The van der Waals surface area contributed by atoms with Crippen LogP contribution in [0.15, 0.2) is 46.9 Å². The molecule has 0 aliphatic carbocycles. The first-order valence-electron chi connectivity index (χ1n) is 7.32. The van der Waals surface area contributed by atoms with Crippen LogP contribution in [0.3, 0.4) is 0 Å². The number of anilines is 1. The summed E-state index contributed by atoms with van der Waals surface area (Å²) in [5.41, 5.74) is 1.22. The van der Waals surface area contributed by atoms with Gasteiger partial charge in [0.25, 0.3) is 5.91 Å². The highest BCUT2D eigenvalue weighted by atomic mass is 79.9. The SMILES string of the molecule is COc1cc(OC)cc(C(=O)Nc2n[nH]c(-c3ccccc3Br)n2)c1. The average Bonchev–Trinajstić information content (AvgIpc) is 3.09. The van der Waals surface area contributed by atoms with Gasteiger partial charge in [-0.1, -0.05) is 34.1 Å². The standard InChI is InChI=1S/C17H15BrN4O3/c1-24-11-7-10(8-12(9-11)25-2)16(23)20-17-19-15(21-22-17)13-5-3-4-6-14(13)18/h3-9H,1-2H3,(H2,19,20,21,22,23). The molecule has 0 spiro atoms. The van der Waals surface area contributed by atoms with E-state index in [1.165, 1.54) is 14.2 Å². The van der Waals surface area contributed by atoms with Gasteiger partial charge in [0.1, 0.15) is 11.5 Å². The summed E-state index contributed by atoms with van der Waals surface area (Å²) >= 11 is 3.46. The third kappa shape index (κ3) is 3.80. The first-order chi connectivity index (χ1) is 12.1. The highest BCUT2D eigenvalue weighted by molar-refractivity contribution is 9.10. The topological polar surface area (TPSA) is 89.1 Å². The Balaban J connectivity index is 1.82. The number of methoxy groups -OCH3 is 2. The molecule has 0 radical (unpaired) electrons. The molecule has 1 heterocycles. The molecule has 1 amide bonds. The molecule has 3 rings (SSSR count). The zero-order valence-electron chi connectivity index (χ0n) is 13.5. The van der Waals surface area contributed by atoms with Crippen LogP contribution in [-0.2, 0) is 0 Å². The van der Waals surface area contributed by atoms with Crippen molar-refractivity contribution >= 4 is 27.8 Å². The molecule has 3 aromatic rings. The Morgan fingerprint density at radius 2 is 1.80 bits per heavy atom. The summed E-state index contributed by atoms with van der Waals surface area (Å²) in [4.78, 5) is 16.7. The van der Waals surface area contributed by atoms with Crippen LogP contribution in [0.5, 0.6) is 11.5 Å². The Bertz CT molecular complexity index is 888. The van der Waals surface area contributed by atoms with Crippen molar-refractivity contribution in [2.45, 2.75) is 0 Å². The van der Waals surface area contributed by atoms with Crippen molar-refractivity contribution in [2.75, 3.05) is 19.5 Å². The van der Waals surface area contributed by atoms with Crippen LogP contribution in [0.25, 0.3) is 11.4 Å². The number of carbonyl (C=O) groups is 1. The number of halogens is 1. The highest BCUT2D eigenvalue weighted by Gasteiger charge is 2.14. The smallest absolute Gasteiger partial charge is 0.258 e. The van der Waals surface area contributed by atoms with E-state index in [2.05, 4.69) is 36.4 Å². The second-order valence-corrected chi connectivity index (χ2v) is 5.90. The lowest BCUT2D eigenvalue weighted by Crippen LogP contribution is -2.13. The molecular weight excluding hydrogens is 388 g/mol. The van der Waals surface area contributed by atoms with Crippen molar-refractivity contribution in [3.63, 3.8) is 0 Å². The lowest BCUT2D eigenvalue weighted by atomic mass is 10.2. The fourth-order valence-corrected chi connectivity index (χ4v) is 2.68. The lowest BCUT2D eigenvalue weighted by molar-refractivity contribution is 0.102. The quantitative estimate of drug-likeness (QED) is 0.681. The van der Waals surface area contributed by atoms with Crippen LogP contribution in [0.1, 0.15) is 10.4 Å². The number of aromatic nitrogens is 3. The van der Waals surface area contributed by atoms with E-state index < -0.39 is 0 Å². The summed E-state index contributed by atoms with van der Waals surface area (Å²) in [6.45, 7) is 0. The van der Waals surface area contributed by atoms with Crippen molar-refractivity contribution < 1.29 is 14.3 Å². The molecule has 1 aromatic heterocycles. The highest BCUT2D eigenvalue weighted by Crippen LogP contribution is 2.26. The van der Waals surface area contributed by atoms with E-state index in [-0.39, 0.29) is 11.9 Å². The monoisotopic (exact) mass is 402 g/mol. The van der Waals surface area contributed by atoms with E-state index in [4.69, 9.17) is 9.47 Å². The molecule has 0 bridgehead atoms. The molecule has 8 heteroatoms. The number of aromatic amines is 1. The largest absolute Gasteiger partial charge is 0.497 e. The van der Waals surface area contributed by atoms with E-state index >= 15 is 0 Å². The second kappa shape index (κ2) is 7.35. The van der Waals surface area contributed by atoms with Crippen molar-refractivity contribution in [3.8, 4) is 22.9 Å². The van der Waals surface area contributed by atoms with E-state index in [9.17, 15) is 4.79 Å². The van der Waals surface area contributed by atoms with Crippen LogP contribution >= 0.6 is 15.9 Å². The predicted molar refractivity (Wildman–Crippen MR) is 97.0 cm³/mol. The molecule has 0 fully saturated rings. The van der Waals surface area contributed by atoms with Crippen LogP contribution in [-0.4, -0.2) is 35.3 Å². The fraction of sp³-hybridized carbons (Fsp3) is 0.118. The molecule has 0 saturated carbocycles. The molecule has 0 aliphatic heterocycles. The van der Waals surface area contributed by atoms with Gasteiger partial charge in [-0.2, -0.15) is 4.98 Å². The van der Waals surface area contributed by atoms with Crippen LogP contribution in [0.4, 0.5) is 5.95 Å². The summed E-state index contributed by atoms with van der Waals surface area (Å²) < 4.78 is 11.2. The molecule has 2 N–H and O–H groups in total. The molecule has 0 atom stereocenters. The third-order valence-electron chi connectivity index (χ3n) is 3.45. The van der Waals surface area contributed by atoms with Gasteiger partial charge in [-0.05, 0) is 18.2 Å². The molecule has 0 aliphatic rings. The van der Waals surface area contributed by atoms with E-state index in [0.29, 0.717) is 22.9 Å². The van der Waals surface area contributed by atoms with Gasteiger partial charge >= 0.3 is 0 Å². The number of nitrogens with one attached hydrogen (secondary N) is 2. The maximum atomic E-state index is 12.4. The Morgan fingerprint density at radius 1 is 1.12 bits per heavy atom. The molecule has 0 unspecified atom stereocenters. The number of carbonyl (C=O) groups excluding carboxylic acids is 1. The van der Waals surface area contributed by atoms with Gasteiger partial charge in [0.05, 0.1) is 14.2 Å². The Hall–Kier alpha value is -2.87. The Morgan fingerprint density at radius 3 is 2.44 bits per heavy atom. The lowest BCUT2D eigenvalue weighted by Gasteiger charge is -2.07. The van der Waals surface area contributed by atoms with Crippen LogP contribution in [0, 0.1) is 0 Å². The minimum atomic E-state index is -0.366. The predicted octanol–water partition coefficient (Wildman–Crippen LogP) is 3.50. The summed E-state index contributed by atoms with van der Waals surface area (Å²) in [7, 11) is 3.05. The number of H-pyrrole nitrogens is 1. The molecule has 7 nitrogen and oxygen atoms in total. The van der Waals surface area contributed by atoms with Crippen molar-refractivity contribution in [1.29, 1.82) is 0 Å². The first kappa shape index (κ1) is 17.0. The maximum absolute atomic E-state index is 12.4. The number of ether oxygens (including phenoxy) is 2. The Kier molecular flexibility index (Phi) is 4.99. The zero-order valence-corrected chi connectivity index (χ0v) is 15.1. The molecular formula is C17H15BrN4O3. The molecule has 0 saturated heterocycles. The van der Waals surface area contributed by atoms with E-state index in [1.54, 1.807) is 18.2 Å².